The first-order valence-electron chi connectivity index (χ1n) is 2.18. The smallest absolute Gasteiger partial charge is 0.207 e. The van der Waals surface area contributed by atoms with E-state index in [0.29, 0.717) is 0 Å². The molecule has 0 radical (unpaired) electrons. The summed E-state index contributed by atoms with van der Waals surface area (Å²) >= 11 is 6.67. The van der Waals surface area contributed by atoms with Crippen molar-refractivity contribution in [2.75, 3.05) is 0 Å². The molecule has 56 valence electrons. The molecular weight excluding hydrogens is 215 g/mol. The summed E-state index contributed by atoms with van der Waals surface area (Å²) in [6.07, 6.45) is 0. The first-order valence-corrected chi connectivity index (χ1v) is 5.81. The van der Waals surface area contributed by atoms with Gasteiger partial charge in [-0.1, -0.05) is 11.6 Å². The van der Waals surface area contributed by atoms with E-state index in [1.54, 1.807) is 0 Å². The van der Waals surface area contributed by atoms with Crippen LogP contribution < -0.4 is 0 Å². The Morgan fingerprint density at radius 2 is 2.00 bits per heavy atom. The van der Waals surface area contributed by atoms with Crippen molar-refractivity contribution in [3.05, 3.63) is 15.8 Å². The summed E-state index contributed by atoms with van der Waals surface area (Å²) in [7, 11) is 1.36. The van der Waals surface area contributed by atoms with Crippen molar-refractivity contribution in [2.45, 2.75) is 4.90 Å². The zero-order chi connectivity index (χ0) is 7.78. The van der Waals surface area contributed by atoms with Crippen molar-refractivity contribution >= 4 is 42.7 Å². The monoisotopic (exact) mass is 216 g/mol. The van der Waals surface area contributed by atoms with Crippen molar-refractivity contribution in [1.29, 1.82) is 0 Å². The maximum atomic E-state index is 10.6. The van der Waals surface area contributed by atoms with Crippen LogP contribution in [0.3, 0.4) is 0 Å². The van der Waals surface area contributed by atoms with Crippen LogP contribution in [-0.2, 0) is 9.05 Å². The average Bonchev–Trinajstić information content (AvgIpc) is 2.11. The molecule has 0 aliphatic rings. The molecule has 0 N–H and O–H groups in total. The minimum atomic E-state index is -3.64. The molecule has 0 aliphatic carbocycles. The highest BCUT2D eigenvalue weighted by Gasteiger charge is 2.14. The maximum absolute atomic E-state index is 10.6. The van der Waals surface area contributed by atoms with Gasteiger partial charge in [0.15, 0.2) is 0 Å². The summed E-state index contributed by atoms with van der Waals surface area (Å²) in [6, 6.07) is 0. The Morgan fingerprint density at radius 1 is 1.40 bits per heavy atom. The van der Waals surface area contributed by atoms with Crippen LogP contribution in [0.25, 0.3) is 0 Å². The lowest BCUT2D eigenvalue weighted by Gasteiger charge is -1.87. The normalized spacial score (nSPS) is 11.8. The van der Waals surface area contributed by atoms with E-state index < -0.39 is 9.05 Å². The van der Waals surface area contributed by atoms with E-state index >= 15 is 0 Å². The van der Waals surface area contributed by atoms with Crippen LogP contribution in [0.1, 0.15) is 0 Å². The van der Waals surface area contributed by atoms with Gasteiger partial charge in [-0.15, -0.1) is 11.3 Å². The minimum Gasteiger partial charge on any atom is -0.207 e. The fraction of sp³-hybridized carbons (Fsp3) is 0. The van der Waals surface area contributed by atoms with Crippen LogP contribution in [0.4, 0.5) is 0 Å². The van der Waals surface area contributed by atoms with E-state index in [4.69, 9.17) is 22.3 Å². The van der Waals surface area contributed by atoms with Crippen molar-refractivity contribution in [2.24, 2.45) is 0 Å². The molecular formula is C4H2Cl2O2S2. The number of halogens is 2. The van der Waals surface area contributed by atoms with Crippen LogP contribution in [-0.4, -0.2) is 8.42 Å². The van der Waals surface area contributed by atoms with Gasteiger partial charge in [0.05, 0.1) is 5.02 Å². The second kappa shape index (κ2) is 2.70. The molecule has 10 heavy (non-hydrogen) atoms. The van der Waals surface area contributed by atoms with E-state index in [1.165, 1.54) is 22.1 Å². The van der Waals surface area contributed by atoms with Crippen LogP contribution in [0.5, 0.6) is 0 Å². The van der Waals surface area contributed by atoms with Gasteiger partial charge in [0.25, 0.3) is 9.05 Å². The van der Waals surface area contributed by atoms with E-state index in [2.05, 4.69) is 0 Å². The van der Waals surface area contributed by atoms with Crippen molar-refractivity contribution in [3.8, 4) is 0 Å². The molecule has 1 rings (SSSR count). The Bertz CT molecular complexity index is 327. The fourth-order valence-electron chi connectivity index (χ4n) is 0.444. The van der Waals surface area contributed by atoms with Crippen molar-refractivity contribution in [1.82, 2.24) is 0 Å². The van der Waals surface area contributed by atoms with E-state index in [9.17, 15) is 8.42 Å². The van der Waals surface area contributed by atoms with Gasteiger partial charge < -0.3 is 0 Å². The Balaban J connectivity index is 3.32. The Kier molecular flexibility index (Phi) is 2.24. The predicted molar refractivity (Wildman–Crippen MR) is 42.4 cm³/mol. The highest BCUT2D eigenvalue weighted by Crippen LogP contribution is 2.27. The summed E-state index contributed by atoms with van der Waals surface area (Å²) in [5, 5.41) is 3.08. The molecule has 0 aliphatic heterocycles. The molecule has 0 bridgehead atoms. The van der Waals surface area contributed by atoms with E-state index in [1.807, 2.05) is 0 Å². The lowest BCUT2D eigenvalue weighted by molar-refractivity contribution is 0.610. The third-order valence-electron chi connectivity index (χ3n) is 0.845. The van der Waals surface area contributed by atoms with Gasteiger partial charge in [-0.25, -0.2) is 8.42 Å². The van der Waals surface area contributed by atoms with Gasteiger partial charge in [-0.05, 0) is 0 Å². The molecule has 0 aromatic carbocycles. The summed E-state index contributed by atoms with van der Waals surface area (Å²) in [6.45, 7) is 0. The third-order valence-corrected chi connectivity index (χ3v) is 3.65. The molecule has 1 aromatic heterocycles. The summed E-state index contributed by atoms with van der Waals surface area (Å²) in [5.74, 6) is 0. The van der Waals surface area contributed by atoms with Gasteiger partial charge in [0.2, 0.25) is 0 Å². The molecule has 1 heterocycles. The third kappa shape index (κ3) is 1.63. The number of rotatable bonds is 1. The molecule has 2 nitrogen and oxygen atoms in total. The van der Waals surface area contributed by atoms with E-state index in [-0.39, 0.29) is 9.92 Å². The zero-order valence-electron chi connectivity index (χ0n) is 4.54. The van der Waals surface area contributed by atoms with Crippen molar-refractivity contribution in [3.63, 3.8) is 0 Å². The Labute approximate surface area is 71.8 Å². The first kappa shape index (κ1) is 8.33. The average molecular weight is 217 g/mol. The predicted octanol–water partition coefficient (Wildman–Crippen LogP) is 2.33. The second-order valence-corrected chi connectivity index (χ2v) is 5.21. The van der Waals surface area contributed by atoms with Crippen LogP contribution >= 0.6 is 33.6 Å². The zero-order valence-corrected chi connectivity index (χ0v) is 7.69. The van der Waals surface area contributed by atoms with Crippen LogP contribution in [0, 0.1) is 0 Å². The number of hydrogen-bond donors (Lipinski definition) is 0. The molecule has 1 aromatic rings. The van der Waals surface area contributed by atoms with Gasteiger partial charge in [-0.2, -0.15) is 0 Å². The molecule has 0 saturated heterocycles. The molecule has 0 saturated carbocycles. The molecule has 0 spiro atoms. The molecule has 0 unspecified atom stereocenters. The maximum Gasteiger partial charge on any atom is 0.263 e. The Morgan fingerprint density at radius 3 is 2.20 bits per heavy atom. The highest BCUT2D eigenvalue weighted by atomic mass is 35.7. The molecule has 0 amide bonds. The summed E-state index contributed by atoms with van der Waals surface area (Å²) in [4.78, 5) is -0.0131. The lowest BCUT2D eigenvalue weighted by atomic mass is 10.7. The lowest BCUT2D eigenvalue weighted by Crippen LogP contribution is -1.86. The molecule has 0 atom stereocenters. The fourth-order valence-corrected chi connectivity index (χ4v) is 3.28. The second-order valence-electron chi connectivity index (χ2n) is 1.52. The standard InChI is InChI=1S/C4H2Cl2O2S2/c5-3-1-9-2-4(3)10(6,7)8/h1-2H. The van der Waals surface area contributed by atoms with Crippen LogP contribution in [0.2, 0.25) is 5.02 Å². The quantitative estimate of drug-likeness (QED) is 0.676. The number of thiophene rings is 1. The number of hydrogen-bond acceptors (Lipinski definition) is 3. The van der Waals surface area contributed by atoms with Gasteiger partial charge >= 0.3 is 0 Å². The summed E-state index contributed by atoms with van der Waals surface area (Å²) in [5.41, 5.74) is 0. The van der Waals surface area contributed by atoms with E-state index in [0.717, 1.165) is 0 Å². The topological polar surface area (TPSA) is 34.1 Å². The molecule has 6 heteroatoms. The highest BCUT2D eigenvalue weighted by molar-refractivity contribution is 8.13. The van der Waals surface area contributed by atoms with Gasteiger partial charge in [-0.3, -0.25) is 0 Å². The van der Waals surface area contributed by atoms with Gasteiger partial charge in [0.1, 0.15) is 4.90 Å². The largest absolute Gasteiger partial charge is 0.263 e. The Hall–Kier alpha value is 0.230. The SMILES string of the molecule is O=S(=O)(Cl)c1cscc1Cl. The van der Waals surface area contributed by atoms with Crippen LogP contribution in [0.15, 0.2) is 15.7 Å². The summed E-state index contributed by atoms with van der Waals surface area (Å²) < 4.78 is 21.2. The first-order chi connectivity index (χ1) is 4.52. The minimum absolute atomic E-state index is 0.0131. The van der Waals surface area contributed by atoms with Gasteiger partial charge in [0, 0.05) is 21.4 Å². The molecule has 0 fully saturated rings. The van der Waals surface area contributed by atoms with Crippen molar-refractivity contribution < 1.29 is 8.42 Å².